The molecule has 0 aliphatic carbocycles. The van der Waals surface area contributed by atoms with Gasteiger partial charge in [0.1, 0.15) is 5.75 Å². The number of amides is 1. The molecule has 0 bridgehead atoms. The van der Waals surface area contributed by atoms with Crippen LogP contribution in [0.5, 0.6) is 5.75 Å². The lowest BCUT2D eigenvalue weighted by Gasteiger charge is -2.13. The molecule has 7 heteroatoms. The lowest BCUT2D eigenvalue weighted by atomic mass is 9.99. The molecular weight excluding hydrogens is 372 g/mol. The number of thiazole rings is 1. The van der Waals surface area contributed by atoms with Gasteiger partial charge in [0.2, 0.25) is 0 Å². The maximum atomic E-state index is 13.0. The first-order chi connectivity index (χ1) is 13.5. The number of carbonyl (C=O) groups is 1. The number of aromatic nitrogens is 3. The average molecular weight is 390 g/mol. The molecule has 0 aliphatic heterocycles. The number of carbonyl (C=O) groups excluding carboxylic acids is 1. The Bertz CT molecular complexity index is 1190. The summed E-state index contributed by atoms with van der Waals surface area (Å²) in [6.07, 6.45) is 3.35. The second-order valence-electron chi connectivity index (χ2n) is 6.38. The van der Waals surface area contributed by atoms with Gasteiger partial charge in [-0.3, -0.25) is 15.1 Å². The quantitative estimate of drug-likeness (QED) is 0.550. The van der Waals surface area contributed by atoms with Crippen molar-refractivity contribution >= 4 is 32.7 Å². The molecule has 3 aromatic heterocycles. The molecule has 0 saturated heterocycles. The molecular formula is C21H18N4O2S. The Morgan fingerprint density at radius 1 is 1.07 bits per heavy atom. The van der Waals surface area contributed by atoms with Gasteiger partial charge in [0.05, 0.1) is 17.4 Å². The van der Waals surface area contributed by atoms with Gasteiger partial charge >= 0.3 is 0 Å². The topological polar surface area (TPSA) is 77.0 Å². The summed E-state index contributed by atoms with van der Waals surface area (Å²) in [6, 6.07) is 11.5. The van der Waals surface area contributed by atoms with E-state index in [4.69, 9.17) is 4.74 Å². The van der Waals surface area contributed by atoms with Crippen LogP contribution in [0.1, 0.15) is 21.6 Å². The number of ether oxygens (including phenoxy) is 1. The van der Waals surface area contributed by atoms with Gasteiger partial charge in [-0.1, -0.05) is 29.5 Å². The van der Waals surface area contributed by atoms with E-state index in [1.807, 2.05) is 50.2 Å². The summed E-state index contributed by atoms with van der Waals surface area (Å²) >= 11 is 1.40. The summed E-state index contributed by atoms with van der Waals surface area (Å²) in [5, 5.41) is 3.39. The van der Waals surface area contributed by atoms with Gasteiger partial charge in [0.15, 0.2) is 10.8 Å². The number of nitrogens with one attached hydrogen (secondary N) is 1. The summed E-state index contributed by atoms with van der Waals surface area (Å²) in [7, 11) is 1.61. The smallest absolute Gasteiger partial charge is 0.259 e. The van der Waals surface area contributed by atoms with Crippen molar-refractivity contribution in [1.82, 2.24) is 15.0 Å². The number of aryl methyl sites for hydroxylation is 2. The maximum Gasteiger partial charge on any atom is 0.259 e. The standard InChI is InChI=1S/C21H18N4O2S/c1-12-8-18-19(23-10-12)24-21(28-18)25-20(26)16-11-22-13(2)9-15(16)14-6-4-5-7-17(14)27-3/h4-11H,1-3H3,(H,23,24,25,26). The van der Waals surface area contributed by atoms with Crippen molar-refractivity contribution in [3.05, 3.63) is 65.6 Å². The van der Waals surface area contributed by atoms with E-state index in [1.54, 1.807) is 19.5 Å². The molecule has 4 aromatic rings. The number of para-hydroxylation sites is 1. The summed E-state index contributed by atoms with van der Waals surface area (Å²) in [5.74, 6) is 0.422. The Labute approximate surface area is 166 Å². The third-order valence-electron chi connectivity index (χ3n) is 4.29. The molecule has 0 fully saturated rings. The Balaban J connectivity index is 1.73. The maximum absolute atomic E-state index is 13.0. The number of benzene rings is 1. The molecule has 6 nitrogen and oxygen atoms in total. The highest BCUT2D eigenvalue weighted by atomic mass is 32.1. The number of hydrogen-bond donors (Lipinski definition) is 1. The van der Waals surface area contributed by atoms with Gasteiger partial charge in [-0.2, -0.15) is 4.98 Å². The van der Waals surface area contributed by atoms with E-state index in [0.29, 0.717) is 22.1 Å². The van der Waals surface area contributed by atoms with Crippen molar-refractivity contribution in [2.24, 2.45) is 0 Å². The van der Waals surface area contributed by atoms with Crippen LogP contribution in [0, 0.1) is 13.8 Å². The first-order valence-corrected chi connectivity index (χ1v) is 9.51. The molecule has 3 heterocycles. The number of nitrogens with zero attached hydrogens (tertiary/aromatic N) is 3. The van der Waals surface area contributed by atoms with Crippen molar-refractivity contribution in [3.63, 3.8) is 0 Å². The van der Waals surface area contributed by atoms with Crippen LogP contribution in [0.4, 0.5) is 5.13 Å². The summed E-state index contributed by atoms with van der Waals surface area (Å²) in [6.45, 7) is 3.87. The van der Waals surface area contributed by atoms with Crippen LogP contribution in [-0.2, 0) is 0 Å². The fourth-order valence-electron chi connectivity index (χ4n) is 2.97. The van der Waals surface area contributed by atoms with Gasteiger partial charge in [-0.15, -0.1) is 0 Å². The fourth-order valence-corrected chi connectivity index (χ4v) is 3.88. The highest BCUT2D eigenvalue weighted by Crippen LogP contribution is 2.33. The highest BCUT2D eigenvalue weighted by molar-refractivity contribution is 7.22. The zero-order chi connectivity index (χ0) is 19.7. The average Bonchev–Trinajstić information content (AvgIpc) is 3.09. The van der Waals surface area contributed by atoms with Gasteiger partial charge in [-0.25, -0.2) is 4.98 Å². The predicted molar refractivity (Wildman–Crippen MR) is 111 cm³/mol. The zero-order valence-corrected chi connectivity index (χ0v) is 16.5. The SMILES string of the molecule is COc1ccccc1-c1cc(C)ncc1C(=O)Nc1nc2ncc(C)cc2s1. The normalized spacial score (nSPS) is 10.8. The number of hydrogen-bond acceptors (Lipinski definition) is 6. The molecule has 0 saturated carbocycles. The number of anilines is 1. The highest BCUT2D eigenvalue weighted by Gasteiger charge is 2.18. The first-order valence-electron chi connectivity index (χ1n) is 8.69. The molecule has 0 aliphatic rings. The molecule has 1 amide bonds. The van der Waals surface area contributed by atoms with Crippen molar-refractivity contribution in [2.45, 2.75) is 13.8 Å². The molecule has 4 rings (SSSR count). The third-order valence-corrected chi connectivity index (χ3v) is 5.19. The Morgan fingerprint density at radius 3 is 2.71 bits per heavy atom. The number of rotatable bonds is 4. The van der Waals surface area contributed by atoms with Gasteiger partial charge in [-0.05, 0) is 37.6 Å². The molecule has 1 aromatic carbocycles. The minimum atomic E-state index is -0.274. The van der Waals surface area contributed by atoms with Crippen LogP contribution in [0.15, 0.2) is 48.8 Å². The molecule has 28 heavy (non-hydrogen) atoms. The van der Waals surface area contributed by atoms with E-state index in [-0.39, 0.29) is 5.91 Å². The Hall–Kier alpha value is -3.32. The largest absolute Gasteiger partial charge is 0.496 e. The summed E-state index contributed by atoms with van der Waals surface area (Å²) in [5.41, 5.74) is 4.54. The molecule has 0 unspecified atom stereocenters. The van der Waals surface area contributed by atoms with Crippen molar-refractivity contribution in [3.8, 4) is 16.9 Å². The van der Waals surface area contributed by atoms with Crippen LogP contribution in [-0.4, -0.2) is 28.0 Å². The van der Waals surface area contributed by atoms with Crippen molar-refractivity contribution < 1.29 is 9.53 Å². The van der Waals surface area contributed by atoms with E-state index in [0.717, 1.165) is 27.1 Å². The lowest BCUT2D eigenvalue weighted by molar-refractivity contribution is 0.102. The zero-order valence-electron chi connectivity index (χ0n) is 15.7. The monoisotopic (exact) mass is 390 g/mol. The molecule has 0 radical (unpaired) electrons. The van der Waals surface area contributed by atoms with Gasteiger partial charge in [0, 0.05) is 29.2 Å². The number of methoxy groups -OCH3 is 1. The summed E-state index contributed by atoms with van der Waals surface area (Å²) in [4.78, 5) is 26.0. The van der Waals surface area contributed by atoms with E-state index in [2.05, 4.69) is 20.3 Å². The van der Waals surface area contributed by atoms with E-state index in [1.165, 1.54) is 11.3 Å². The van der Waals surface area contributed by atoms with Crippen molar-refractivity contribution in [1.29, 1.82) is 0 Å². The molecule has 0 spiro atoms. The van der Waals surface area contributed by atoms with Crippen LogP contribution in [0.25, 0.3) is 21.5 Å². The van der Waals surface area contributed by atoms with E-state index < -0.39 is 0 Å². The lowest BCUT2D eigenvalue weighted by Crippen LogP contribution is -2.14. The Morgan fingerprint density at radius 2 is 1.89 bits per heavy atom. The molecule has 1 N–H and O–H groups in total. The van der Waals surface area contributed by atoms with Crippen LogP contribution < -0.4 is 10.1 Å². The first kappa shape index (κ1) is 18.1. The minimum absolute atomic E-state index is 0.274. The molecule has 140 valence electrons. The van der Waals surface area contributed by atoms with Crippen LogP contribution in [0.2, 0.25) is 0 Å². The second kappa shape index (κ2) is 7.36. The molecule has 0 atom stereocenters. The third kappa shape index (κ3) is 3.44. The van der Waals surface area contributed by atoms with Crippen LogP contribution >= 0.6 is 11.3 Å². The number of pyridine rings is 2. The predicted octanol–water partition coefficient (Wildman–Crippen LogP) is 4.63. The van der Waals surface area contributed by atoms with Crippen molar-refractivity contribution in [2.75, 3.05) is 12.4 Å². The summed E-state index contributed by atoms with van der Waals surface area (Å²) < 4.78 is 6.41. The van der Waals surface area contributed by atoms with Gasteiger partial charge < -0.3 is 4.74 Å². The Kier molecular flexibility index (Phi) is 4.75. The fraction of sp³-hybridized carbons (Fsp3) is 0.143. The van der Waals surface area contributed by atoms with E-state index in [9.17, 15) is 4.79 Å². The van der Waals surface area contributed by atoms with Gasteiger partial charge in [0.25, 0.3) is 5.91 Å². The number of fused-ring (bicyclic) bond motifs is 1. The van der Waals surface area contributed by atoms with Crippen LogP contribution in [0.3, 0.4) is 0 Å². The second-order valence-corrected chi connectivity index (χ2v) is 7.41. The minimum Gasteiger partial charge on any atom is -0.496 e. The van der Waals surface area contributed by atoms with E-state index >= 15 is 0 Å².